The van der Waals surface area contributed by atoms with Gasteiger partial charge in [-0.1, -0.05) is 12.1 Å². The van der Waals surface area contributed by atoms with Gasteiger partial charge in [-0.3, -0.25) is 4.79 Å². The van der Waals surface area contributed by atoms with Crippen LogP contribution in [0.3, 0.4) is 0 Å². The van der Waals surface area contributed by atoms with Crippen LogP contribution >= 0.6 is 0 Å². The summed E-state index contributed by atoms with van der Waals surface area (Å²) in [5.74, 6) is -2.36. The lowest BCUT2D eigenvalue weighted by molar-refractivity contribution is -0.135. The van der Waals surface area contributed by atoms with E-state index in [2.05, 4.69) is 0 Å². The molecule has 0 bridgehead atoms. The molecule has 2 aromatic rings. The Hall–Kier alpha value is -3.02. The zero-order valence-electron chi connectivity index (χ0n) is 11.9. The number of carboxylic acids is 1. The van der Waals surface area contributed by atoms with Crippen molar-refractivity contribution in [1.29, 1.82) is 0 Å². The average molecular weight is 301 g/mol. The lowest BCUT2D eigenvalue weighted by Gasteiger charge is -2.08. The molecule has 22 heavy (non-hydrogen) atoms. The quantitative estimate of drug-likeness (QED) is 0.485. The van der Waals surface area contributed by atoms with E-state index in [4.69, 9.17) is 14.9 Å². The number of carbonyl (C=O) groups is 2. The topological polar surface area (TPSA) is 88.8 Å². The van der Waals surface area contributed by atoms with Crippen LogP contribution in [0.25, 0.3) is 0 Å². The molecule has 0 saturated heterocycles. The number of allylic oxidation sites excluding steroid dienone is 1. The van der Waals surface area contributed by atoms with Gasteiger partial charge in [0.1, 0.15) is 5.75 Å². The summed E-state index contributed by atoms with van der Waals surface area (Å²) in [6.07, 6.45) is 2.41. The van der Waals surface area contributed by atoms with Crippen LogP contribution in [0.4, 0.5) is 0 Å². The average Bonchev–Trinajstić information content (AvgIpc) is 2.96. The molecule has 0 atom stereocenters. The van der Waals surface area contributed by atoms with E-state index < -0.39 is 17.5 Å². The van der Waals surface area contributed by atoms with Gasteiger partial charge >= 0.3 is 5.97 Å². The number of ketones is 1. The third-order valence-electron chi connectivity index (χ3n) is 3.08. The standard InChI is InChI=1S/C16H15NO5/c1-22-12-6-4-11(5-7-12)10-17-8-2-3-13(17)14(18)9-15(19)16(20)21/h2-9,19H,10H2,1H3,(H,20,21). The van der Waals surface area contributed by atoms with E-state index in [0.717, 1.165) is 11.3 Å². The highest BCUT2D eigenvalue weighted by Crippen LogP contribution is 2.14. The molecule has 6 heteroatoms. The molecule has 1 aromatic heterocycles. The first-order chi connectivity index (χ1) is 10.5. The van der Waals surface area contributed by atoms with Crippen LogP contribution in [0, 0.1) is 0 Å². The minimum Gasteiger partial charge on any atom is -0.502 e. The van der Waals surface area contributed by atoms with Crippen molar-refractivity contribution in [2.24, 2.45) is 0 Å². The van der Waals surface area contributed by atoms with E-state index in [1.165, 1.54) is 0 Å². The summed E-state index contributed by atoms with van der Waals surface area (Å²) < 4.78 is 6.76. The summed E-state index contributed by atoms with van der Waals surface area (Å²) in [5, 5.41) is 17.7. The number of hydrogen-bond donors (Lipinski definition) is 2. The summed E-state index contributed by atoms with van der Waals surface area (Å²) in [6, 6.07) is 10.6. The Bertz CT molecular complexity index is 712. The van der Waals surface area contributed by atoms with Crippen LogP contribution in [0.2, 0.25) is 0 Å². The predicted octanol–water partition coefficient (Wildman–Crippen LogP) is 2.25. The zero-order chi connectivity index (χ0) is 16.1. The van der Waals surface area contributed by atoms with Gasteiger partial charge < -0.3 is 19.5 Å². The lowest BCUT2D eigenvalue weighted by Crippen LogP contribution is -2.10. The van der Waals surface area contributed by atoms with Gasteiger partial charge in [0.25, 0.3) is 0 Å². The van der Waals surface area contributed by atoms with Gasteiger partial charge in [-0.05, 0) is 29.8 Å². The van der Waals surface area contributed by atoms with E-state index in [0.29, 0.717) is 18.3 Å². The molecule has 2 rings (SSSR count). The van der Waals surface area contributed by atoms with Gasteiger partial charge in [0, 0.05) is 18.8 Å². The Morgan fingerprint density at radius 3 is 2.45 bits per heavy atom. The number of hydrogen-bond acceptors (Lipinski definition) is 4. The number of nitrogens with zero attached hydrogens (tertiary/aromatic N) is 1. The first-order valence-electron chi connectivity index (χ1n) is 6.47. The molecule has 0 aliphatic rings. The number of aliphatic carboxylic acids is 1. The fraction of sp³-hybridized carbons (Fsp3) is 0.125. The maximum Gasteiger partial charge on any atom is 0.371 e. The number of aromatic nitrogens is 1. The summed E-state index contributed by atoms with van der Waals surface area (Å²) in [7, 11) is 1.58. The Morgan fingerprint density at radius 2 is 1.86 bits per heavy atom. The molecule has 1 aromatic carbocycles. The smallest absolute Gasteiger partial charge is 0.371 e. The van der Waals surface area contributed by atoms with Crippen molar-refractivity contribution >= 4 is 11.8 Å². The molecule has 0 radical (unpaired) electrons. The molecule has 2 N–H and O–H groups in total. The fourth-order valence-corrected chi connectivity index (χ4v) is 1.96. The first-order valence-corrected chi connectivity index (χ1v) is 6.47. The van der Waals surface area contributed by atoms with E-state index in [9.17, 15) is 9.59 Å². The minimum atomic E-state index is -1.54. The number of methoxy groups -OCH3 is 1. The van der Waals surface area contributed by atoms with Gasteiger partial charge in [-0.2, -0.15) is 0 Å². The van der Waals surface area contributed by atoms with E-state index in [1.807, 2.05) is 24.3 Å². The van der Waals surface area contributed by atoms with Crippen molar-refractivity contribution < 1.29 is 24.5 Å². The normalized spacial score (nSPS) is 11.2. The fourth-order valence-electron chi connectivity index (χ4n) is 1.96. The van der Waals surface area contributed by atoms with Gasteiger partial charge in [-0.25, -0.2) is 4.79 Å². The molecular formula is C16H15NO5. The molecule has 0 fully saturated rings. The lowest BCUT2D eigenvalue weighted by atomic mass is 10.2. The van der Waals surface area contributed by atoms with Crippen molar-refractivity contribution in [1.82, 2.24) is 4.57 Å². The molecule has 1 heterocycles. The van der Waals surface area contributed by atoms with E-state index >= 15 is 0 Å². The molecule has 0 unspecified atom stereocenters. The first kappa shape index (κ1) is 15.4. The molecule has 0 spiro atoms. The van der Waals surface area contributed by atoms with Crippen LogP contribution in [0.1, 0.15) is 16.1 Å². The van der Waals surface area contributed by atoms with Crippen LogP contribution in [-0.2, 0) is 11.3 Å². The van der Waals surface area contributed by atoms with Crippen LogP contribution < -0.4 is 4.74 Å². The maximum absolute atomic E-state index is 12.0. The third-order valence-corrected chi connectivity index (χ3v) is 3.08. The Kier molecular flexibility index (Phi) is 4.63. The second-order valence-corrected chi connectivity index (χ2v) is 4.57. The van der Waals surface area contributed by atoms with Crippen molar-refractivity contribution in [3.05, 3.63) is 65.7 Å². The zero-order valence-corrected chi connectivity index (χ0v) is 11.9. The number of rotatable bonds is 6. The Labute approximate surface area is 126 Å². The summed E-state index contributed by atoms with van der Waals surface area (Å²) in [4.78, 5) is 22.5. The van der Waals surface area contributed by atoms with Crippen molar-refractivity contribution in [2.45, 2.75) is 6.54 Å². The second kappa shape index (κ2) is 6.62. The number of aliphatic hydroxyl groups excluding tert-OH is 1. The van der Waals surface area contributed by atoms with Crippen LogP contribution in [0.5, 0.6) is 5.75 Å². The third kappa shape index (κ3) is 3.54. The van der Waals surface area contributed by atoms with Crippen molar-refractivity contribution in [2.75, 3.05) is 7.11 Å². The molecule has 0 aliphatic heterocycles. The predicted molar refractivity (Wildman–Crippen MR) is 79.2 cm³/mol. The van der Waals surface area contributed by atoms with Gasteiger partial charge in [0.2, 0.25) is 11.5 Å². The Morgan fingerprint density at radius 1 is 1.18 bits per heavy atom. The summed E-state index contributed by atoms with van der Waals surface area (Å²) in [6.45, 7) is 0.444. The Balaban J connectivity index is 2.20. The molecule has 0 saturated carbocycles. The van der Waals surface area contributed by atoms with Crippen molar-refractivity contribution in [3.8, 4) is 5.75 Å². The van der Waals surface area contributed by atoms with E-state index in [-0.39, 0.29) is 0 Å². The molecular weight excluding hydrogens is 286 g/mol. The van der Waals surface area contributed by atoms with Crippen molar-refractivity contribution in [3.63, 3.8) is 0 Å². The number of benzene rings is 1. The number of carboxylic acid groups (broad SMARTS) is 1. The largest absolute Gasteiger partial charge is 0.502 e. The summed E-state index contributed by atoms with van der Waals surface area (Å²) in [5.41, 5.74) is 1.25. The number of ether oxygens (including phenoxy) is 1. The summed E-state index contributed by atoms with van der Waals surface area (Å²) >= 11 is 0. The van der Waals surface area contributed by atoms with Crippen LogP contribution in [0.15, 0.2) is 54.4 Å². The van der Waals surface area contributed by atoms with Crippen LogP contribution in [-0.4, -0.2) is 33.6 Å². The molecule has 6 nitrogen and oxygen atoms in total. The number of carbonyl (C=O) groups excluding carboxylic acids is 1. The van der Waals surface area contributed by atoms with E-state index in [1.54, 1.807) is 30.0 Å². The SMILES string of the molecule is COc1ccc(Cn2cccc2C(=O)C=C(O)C(=O)O)cc1. The maximum atomic E-state index is 12.0. The highest BCUT2D eigenvalue weighted by molar-refractivity contribution is 6.06. The number of aliphatic hydroxyl groups is 1. The van der Waals surface area contributed by atoms with Gasteiger partial charge in [-0.15, -0.1) is 0 Å². The highest BCUT2D eigenvalue weighted by Gasteiger charge is 2.13. The minimum absolute atomic E-state index is 0.295. The van der Waals surface area contributed by atoms with Gasteiger partial charge in [0.05, 0.1) is 12.8 Å². The van der Waals surface area contributed by atoms with Gasteiger partial charge in [0.15, 0.2) is 0 Å². The highest BCUT2D eigenvalue weighted by atomic mass is 16.5. The molecule has 0 amide bonds. The molecule has 0 aliphatic carbocycles. The monoisotopic (exact) mass is 301 g/mol. The second-order valence-electron chi connectivity index (χ2n) is 4.57. The molecule has 114 valence electrons.